The average Bonchev–Trinajstić information content (AvgIpc) is 3.36. The number of hydrogen-bond donors (Lipinski definition) is 2. The normalized spacial score (nSPS) is 24.3. The second kappa shape index (κ2) is 7.90. The van der Waals surface area contributed by atoms with Crippen molar-refractivity contribution in [1.82, 2.24) is 20.3 Å². The fourth-order valence-electron chi connectivity index (χ4n) is 3.60. The predicted molar refractivity (Wildman–Crippen MR) is 98.4 cm³/mol. The molecule has 32 heavy (non-hydrogen) atoms. The zero-order valence-electron chi connectivity index (χ0n) is 16.4. The first-order valence-electron chi connectivity index (χ1n) is 9.32. The van der Waals surface area contributed by atoms with E-state index in [1.54, 1.807) is 0 Å². The second-order valence-corrected chi connectivity index (χ2v) is 7.50. The maximum absolute atomic E-state index is 14.7. The summed E-state index contributed by atoms with van der Waals surface area (Å²) in [7, 11) is 0. The van der Waals surface area contributed by atoms with E-state index in [-0.39, 0.29) is 22.7 Å². The van der Waals surface area contributed by atoms with Gasteiger partial charge in [0.05, 0.1) is 0 Å². The molecule has 0 spiro atoms. The average molecular weight is 461 g/mol. The van der Waals surface area contributed by atoms with Gasteiger partial charge in [0.1, 0.15) is 17.2 Å². The van der Waals surface area contributed by atoms with E-state index >= 15 is 0 Å². The van der Waals surface area contributed by atoms with Gasteiger partial charge in [0, 0.05) is 35.3 Å². The molecule has 1 unspecified atom stereocenters. The van der Waals surface area contributed by atoms with Gasteiger partial charge in [-0.1, -0.05) is 5.16 Å². The number of ether oxygens (including phenoxy) is 1. The van der Waals surface area contributed by atoms with Crippen molar-refractivity contribution in [2.24, 2.45) is 5.73 Å². The minimum Gasteiger partial charge on any atom is -0.356 e. The topological polar surface area (TPSA) is 91.1 Å². The van der Waals surface area contributed by atoms with Gasteiger partial charge in [-0.25, -0.2) is 9.07 Å². The van der Waals surface area contributed by atoms with Crippen LogP contribution in [-0.4, -0.2) is 33.6 Å². The van der Waals surface area contributed by atoms with Crippen LogP contribution in [0.15, 0.2) is 41.1 Å². The molecular weight excluding hydrogens is 444 g/mol. The number of halogens is 6. The molecule has 3 heterocycles. The van der Waals surface area contributed by atoms with Gasteiger partial charge in [-0.2, -0.15) is 27.1 Å². The second-order valence-electron chi connectivity index (χ2n) is 7.50. The van der Waals surface area contributed by atoms with Crippen LogP contribution in [-0.2, 0) is 10.3 Å². The van der Waals surface area contributed by atoms with E-state index in [0.717, 1.165) is 12.3 Å². The summed E-state index contributed by atoms with van der Waals surface area (Å²) in [6.07, 6.45) is -7.88. The van der Waals surface area contributed by atoms with Crippen LogP contribution in [0.5, 0.6) is 0 Å². The molecule has 0 saturated carbocycles. The summed E-state index contributed by atoms with van der Waals surface area (Å²) in [5.74, 6) is -0.616. The molecule has 3 N–H and O–H groups in total. The van der Waals surface area contributed by atoms with E-state index in [0.29, 0.717) is 10.2 Å². The first-order valence-corrected chi connectivity index (χ1v) is 9.32. The highest BCUT2D eigenvalue weighted by Crippen LogP contribution is 2.40. The summed E-state index contributed by atoms with van der Waals surface area (Å²) in [6, 6.07) is 6.46. The molecule has 172 valence electrons. The first kappa shape index (κ1) is 22.3. The van der Waals surface area contributed by atoms with Crippen molar-refractivity contribution in [2.75, 3.05) is 0 Å². The van der Waals surface area contributed by atoms with Crippen LogP contribution in [0.2, 0.25) is 0 Å². The van der Waals surface area contributed by atoms with E-state index in [1.807, 2.05) is 0 Å². The van der Waals surface area contributed by atoms with Crippen molar-refractivity contribution in [3.63, 3.8) is 0 Å². The molecular formula is C19H17F6N5O2. The van der Waals surface area contributed by atoms with E-state index in [1.165, 1.54) is 31.2 Å². The van der Waals surface area contributed by atoms with Crippen LogP contribution in [0.3, 0.4) is 0 Å². The largest absolute Gasteiger partial charge is 0.414 e. The van der Waals surface area contributed by atoms with Crippen molar-refractivity contribution in [2.45, 2.75) is 44.1 Å². The zero-order valence-corrected chi connectivity index (χ0v) is 16.4. The molecule has 2 aromatic heterocycles. The van der Waals surface area contributed by atoms with Gasteiger partial charge < -0.3 is 9.26 Å². The van der Waals surface area contributed by atoms with E-state index in [9.17, 15) is 26.3 Å². The van der Waals surface area contributed by atoms with Crippen molar-refractivity contribution >= 4 is 0 Å². The Kier molecular flexibility index (Phi) is 5.51. The fraction of sp³-hybridized carbons (Fsp3) is 0.368. The Bertz CT molecular complexity index is 1110. The first-order chi connectivity index (χ1) is 15.0. The van der Waals surface area contributed by atoms with Crippen LogP contribution >= 0.6 is 0 Å². The summed E-state index contributed by atoms with van der Waals surface area (Å²) in [6.45, 7) is -1.44. The molecule has 0 amide bonds. The molecule has 13 heteroatoms. The Labute approximate surface area is 177 Å². The van der Waals surface area contributed by atoms with Crippen molar-refractivity contribution < 1.29 is 35.6 Å². The molecule has 0 radical (unpaired) electrons. The lowest BCUT2D eigenvalue weighted by molar-refractivity contribution is -0.260. The quantitative estimate of drug-likeness (QED) is 0.568. The summed E-state index contributed by atoms with van der Waals surface area (Å²) in [5.41, 5.74) is 4.58. The Morgan fingerprint density at radius 3 is 2.62 bits per heavy atom. The monoisotopic (exact) mass is 461 g/mol. The maximum atomic E-state index is 14.7. The third kappa shape index (κ3) is 4.23. The van der Waals surface area contributed by atoms with Gasteiger partial charge in [-0.15, -0.1) is 0 Å². The highest BCUT2D eigenvalue weighted by molar-refractivity contribution is 5.65. The molecule has 4 rings (SSSR count). The number of nitrogens with two attached hydrogens (primary N) is 1. The molecule has 7 nitrogen and oxygen atoms in total. The van der Waals surface area contributed by atoms with E-state index in [2.05, 4.69) is 15.6 Å². The molecule has 1 aliphatic heterocycles. The number of aromatic nitrogens is 3. The molecule has 0 bridgehead atoms. The van der Waals surface area contributed by atoms with Crippen LogP contribution in [0.1, 0.15) is 25.5 Å². The molecule has 3 atom stereocenters. The Morgan fingerprint density at radius 1 is 1.22 bits per heavy atom. The number of benzene rings is 1. The van der Waals surface area contributed by atoms with E-state index < -0.39 is 43.0 Å². The third-order valence-electron chi connectivity index (χ3n) is 5.16. The highest BCUT2D eigenvalue weighted by atomic mass is 19.4. The van der Waals surface area contributed by atoms with Gasteiger partial charge in [0.15, 0.2) is 18.2 Å². The number of hydrogen-bond acceptors (Lipinski definition) is 6. The summed E-state index contributed by atoms with van der Waals surface area (Å²) < 4.78 is 90.3. The van der Waals surface area contributed by atoms with Crippen LogP contribution in [0.4, 0.5) is 26.3 Å². The fourth-order valence-corrected chi connectivity index (χ4v) is 3.60. The van der Waals surface area contributed by atoms with Gasteiger partial charge in [-0.3, -0.25) is 11.1 Å². The molecule has 3 aromatic rings. The summed E-state index contributed by atoms with van der Waals surface area (Å²) >= 11 is 0. The standard InChI is InChI=1S/C19H17F6N5O2/c1-18(8-15(19(23,24)25)31-17(26)27-18)10-6-9(2-3-11(10)20)14-7-13(29-32-14)12-4-5-30(28-12)16(21)22/h2-7,15-17,27H,8,26H2,1H3/t15-,17?,18-/m0/s1. The zero-order chi connectivity index (χ0) is 23.3. The van der Waals surface area contributed by atoms with E-state index in [4.69, 9.17) is 15.0 Å². The minimum atomic E-state index is -4.68. The Balaban J connectivity index is 1.67. The van der Waals surface area contributed by atoms with Gasteiger partial charge >= 0.3 is 12.7 Å². The molecule has 0 aliphatic carbocycles. The SMILES string of the molecule is C[C@@]1(c2cc(-c3cc(-c4ccn(C(F)F)n4)no3)ccc2F)C[C@@H](C(F)(F)F)OC(N)N1. The molecule has 1 aliphatic rings. The predicted octanol–water partition coefficient (Wildman–Crippen LogP) is 4.14. The number of nitrogens with one attached hydrogen (secondary N) is 1. The van der Waals surface area contributed by atoms with Crippen molar-refractivity contribution in [1.29, 1.82) is 0 Å². The smallest absolute Gasteiger partial charge is 0.356 e. The van der Waals surface area contributed by atoms with Crippen LogP contribution < -0.4 is 11.1 Å². The van der Waals surface area contributed by atoms with Crippen molar-refractivity contribution in [3.8, 4) is 22.7 Å². The molecule has 1 fully saturated rings. The lowest BCUT2D eigenvalue weighted by atomic mass is 9.83. The highest BCUT2D eigenvalue weighted by Gasteiger charge is 2.50. The maximum Gasteiger partial charge on any atom is 0.414 e. The Hall–Kier alpha value is -2.90. The summed E-state index contributed by atoms with van der Waals surface area (Å²) in [5, 5.41) is 10.1. The molecule has 1 saturated heterocycles. The van der Waals surface area contributed by atoms with Crippen molar-refractivity contribution in [3.05, 3.63) is 47.9 Å². The lowest BCUT2D eigenvalue weighted by Crippen LogP contribution is -2.61. The number of rotatable bonds is 4. The molecule has 1 aromatic carbocycles. The van der Waals surface area contributed by atoms with Gasteiger partial charge in [-0.05, 0) is 31.2 Å². The van der Waals surface area contributed by atoms with Gasteiger partial charge in [0.2, 0.25) is 0 Å². The lowest BCUT2D eigenvalue weighted by Gasteiger charge is -2.43. The third-order valence-corrected chi connectivity index (χ3v) is 5.16. The number of nitrogens with zero attached hydrogens (tertiary/aromatic N) is 3. The van der Waals surface area contributed by atoms with Gasteiger partial charge in [0.25, 0.3) is 0 Å². The number of alkyl halides is 5. The van der Waals surface area contributed by atoms with Crippen LogP contribution in [0.25, 0.3) is 22.7 Å². The Morgan fingerprint density at radius 2 is 1.97 bits per heavy atom. The summed E-state index contributed by atoms with van der Waals surface area (Å²) in [4.78, 5) is 0. The minimum absolute atomic E-state index is 0.0806. The van der Waals surface area contributed by atoms with Crippen LogP contribution in [0, 0.1) is 5.82 Å².